The number of Topliss-reactive ketones (excluding diaryl/α,β-unsaturated/α-hetero) is 1. The lowest BCUT2D eigenvalue weighted by Crippen LogP contribution is -2.38. The molecule has 2 aromatic rings. The fourth-order valence-corrected chi connectivity index (χ4v) is 5.66. The minimum Gasteiger partial charge on any atom is -0.497 e. The molecule has 0 radical (unpaired) electrons. The lowest BCUT2D eigenvalue weighted by molar-refractivity contribution is -0.116. The molecule has 9 nitrogen and oxygen atoms in total. The normalized spacial score (nSPS) is 18.0. The van der Waals surface area contributed by atoms with Gasteiger partial charge in [-0.25, -0.2) is 0 Å². The molecule has 11 heteroatoms. The van der Waals surface area contributed by atoms with Crippen molar-refractivity contribution in [2.75, 3.05) is 24.9 Å². The third-order valence-corrected chi connectivity index (χ3v) is 7.42. The Bertz CT molecular complexity index is 1250. The molecule has 0 fully saturated rings. The average molecular weight is 481 g/mol. The quantitative estimate of drug-likeness (QED) is 0.611. The topological polar surface area (TPSA) is 138 Å². The number of hydrogen-bond acceptors (Lipinski definition) is 11. The highest BCUT2D eigenvalue weighted by atomic mass is 32.2. The lowest BCUT2D eigenvalue weighted by atomic mass is 9.75. The standard InChI is InChI=1S/C22H20N6O3S2/c1-30-12-6-7-13(17(10-12)31-2)18-14(11-24)20(25)28(15-4-3-5-16(29)19(15)18)21-26-27-22(33-21)32-9-8-23/h6-7,10,18H,3-5,9,25H2,1-2H3. The van der Waals surface area contributed by atoms with Gasteiger partial charge in [-0.2, -0.15) is 10.5 Å². The molecule has 2 heterocycles. The number of aromatic nitrogens is 2. The minimum atomic E-state index is -0.657. The van der Waals surface area contributed by atoms with E-state index in [1.807, 2.05) is 0 Å². The zero-order valence-corrected chi connectivity index (χ0v) is 19.6. The number of ether oxygens (including phenoxy) is 2. The van der Waals surface area contributed by atoms with Crippen LogP contribution in [0.5, 0.6) is 11.5 Å². The maximum atomic E-state index is 13.2. The SMILES string of the molecule is COc1ccc(C2C(C#N)=C(N)N(c3nnc(SCC#N)s3)C3=C2C(=O)CCC3)c(OC)c1. The second kappa shape index (κ2) is 9.53. The van der Waals surface area contributed by atoms with Crippen LogP contribution < -0.4 is 20.1 Å². The van der Waals surface area contributed by atoms with E-state index in [1.165, 1.54) is 30.2 Å². The molecule has 0 bridgehead atoms. The average Bonchev–Trinajstić information content (AvgIpc) is 3.30. The fourth-order valence-electron chi connectivity index (χ4n) is 4.12. The van der Waals surface area contributed by atoms with Crippen LogP contribution in [0.1, 0.15) is 30.7 Å². The van der Waals surface area contributed by atoms with Crippen molar-refractivity contribution >= 4 is 34.0 Å². The second-order valence-corrected chi connectivity index (χ2v) is 9.40. The molecule has 1 aromatic heterocycles. The third kappa shape index (κ3) is 4.01. The van der Waals surface area contributed by atoms with Crippen molar-refractivity contribution in [3.05, 3.63) is 46.4 Å². The number of carbonyl (C=O) groups excluding carboxylic acids is 1. The molecule has 0 amide bonds. The number of rotatable bonds is 6. The number of anilines is 1. The maximum absolute atomic E-state index is 13.2. The molecular formula is C22H20N6O3S2. The Morgan fingerprint density at radius 1 is 1.27 bits per heavy atom. The van der Waals surface area contributed by atoms with Gasteiger partial charge in [0.1, 0.15) is 17.3 Å². The number of nitrogens with two attached hydrogens (primary N) is 1. The Hall–Kier alpha value is -3.54. The molecule has 0 saturated heterocycles. The van der Waals surface area contributed by atoms with Crippen LogP contribution in [0.15, 0.2) is 45.2 Å². The molecule has 4 rings (SSSR count). The number of allylic oxidation sites excluding steroid dienone is 3. The van der Waals surface area contributed by atoms with Gasteiger partial charge in [-0.1, -0.05) is 29.2 Å². The number of methoxy groups -OCH3 is 2. The zero-order valence-electron chi connectivity index (χ0n) is 18.0. The molecule has 1 unspecified atom stereocenters. The van der Waals surface area contributed by atoms with Gasteiger partial charge in [0.05, 0.1) is 43.6 Å². The highest BCUT2D eigenvalue weighted by Crippen LogP contribution is 2.49. The maximum Gasteiger partial charge on any atom is 0.219 e. The van der Waals surface area contributed by atoms with Crippen LogP contribution in [0, 0.1) is 22.7 Å². The van der Waals surface area contributed by atoms with Crippen LogP contribution in [0.25, 0.3) is 0 Å². The number of carbonyl (C=O) groups is 1. The van der Waals surface area contributed by atoms with Crippen molar-refractivity contribution in [2.24, 2.45) is 5.73 Å². The van der Waals surface area contributed by atoms with Gasteiger partial charge in [0.15, 0.2) is 10.1 Å². The Morgan fingerprint density at radius 3 is 2.79 bits per heavy atom. The van der Waals surface area contributed by atoms with E-state index in [9.17, 15) is 10.1 Å². The summed E-state index contributed by atoms with van der Waals surface area (Å²) in [4.78, 5) is 14.9. The first-order valence-corrected chi connectivity index (χ1v) is 11.9. The summed E-state index contributed by atoms with van der Waals surface area (Å²) in [6.45, 7) is 0. The van der Waals surface area contributed by atoms with Gasteiger partial charge in [0.2, 0.25) is 5.13 Å². The summed E-state index contributed by atoms with van der Waals surface area (Å²) in [6, 6.07) is 9.58. The monoisotopic (exact) mass is 480 g/mol. The van der Waals surface area contributed by atoms with Crippen LogP contribution in [0.2, 0.25) is 0 Å². The molecule has 2 N–H and O–H groups in total. The number of nitriles is 2. The molecule has 2 aliphatic rings. The Labute approximate surface area is 199 Å². The Balaban J connectivity index is 1.90. The lowest BCUT2D eigenvalue weighted by Gasteiger charge is -2.38. The van der Waals surface area contributed by atoms with Gasteiger partial charge in [-0.05, 0) is 18.9 Å². The number of nitrogens with zero attached hydrogens (tertiary/aromatic N) is 5. The summed E-state index contributed by atoms with van der Waals surface area (Å²) in [5.41, 5.74) is 8.71. The highest BCUT2D eigenvalue weighted by molar-refractivity contribution is 8.01. The zero-order chi connectivity index (χ0) is 23.5. The second-order valence-electron chi connectivity index (χ2n) is 7.22. The summed E-state index contributed by atoms with van der Waals surface area (Å²) in [7, 11) is 3.09. The fraction of sp³-hybridized carbons (Fsp3) is 0.318. The first-order valence-electron chi connectivity index (χ1n) is 10.0. The predicted molar refractivity (Wildman–Crippen MR) is 124 cm³/mol. The summed E-state index contributed by atoms with van der Waals surface area (Å²) in [5, 5.41) is 27.8. The smallest absolute Gasteiger partial charge is 0.219 e. The van der Waals surface area contributed by atoms with Crippen molar-refractivity contribution in [2.45, 2.75) is 29.5 Å². The third-order valence-electron chi connectivity index (χ3n) is 5.51. The van der Waals surface area contributed by atoms with E-state index in [0.29, 0.717) is 51.4 Å². The largest absolute Gasteiger partial charge is 0.497 e. The Morgan fingerprint density at radius 2 is 2.09 bits per heavy atom. The molecule has 0 saturated carbocycles. The first-order chi connectivity index (χ1) is 16.0. The number of thioether (sulfide) groups is 1. The van der Waals surface area contributed by atoms with Gasteiger partial charge in [-0.3, -0.25) is 9.69 Å². The van der Waals surface area contributed by atoms with Crippen molar-refractivity contribution in [1.29, 1.82) is 10.5 Å². The van der Waals surface area contributed by atoms with Crippen LogP contribution >= 0.6 is 23.1 Å². The summed E-state index contributed by atoms with van der Waals surface area (Å²) < 4.78 is 11.5. The molecule has 0 spiro atoms. The van der Waals surface area contributed by atoms with Crippen molar-refractivity contribution in [1.82, 2.24) is 10.2 Å². The molecular weight excluding hydrogens is 460 g/mol. The Kier molecular flexibility index (Phi) is 6.54. The van der Waals surface area contributed by atoms with Crippen molar-refractivity contribution < 1.29 is 14.3 Å². The van der Waals surface area contributed by atoms with E-state index in [-0.39, 0.29) is 22.9 Å². The minimum absolute atomic E-state index is 0.0343. The summed E-state index contributed by atoms with van der Waals surface area (Å²) in [5.74, 6) is 0.869. The van der Waals surface area contributed by atoms with E-state index in [1.54, 1.807) is 30.2 Å². The molecule has 1 aliphatic heterocycles. The van der Waals surface area contributed by atoms with E-state index < -0.39 is 5.92 Å². The van der Waals surface area contributed by atoms with Gasteiger partial charge in [0.25, 0.3) is 0 Å². The van der Waals surface area contributed by atoms with Gasteiger partial charge in [0, 0.05) is 29.3 Å². The van der Waals surface area contributed by atoms with Gasteiger partial charge >= 0.3 is 0 Å². The van der Waals surface area contributed by atoms with Crippen LogP contribution in [-0.4, -0.2) is 36.0 Å². The van der Waals surface area contributed by atoms with E-state index >= 15 is 0 Å². The van der Waals surface area contributed by atoms with E-state index in [0.717, 1.165) is 5.70 Å². The van der Waals surface area contributed by atoms with E-state index in [4.69, 9.17) is 20.5 Å². The highest BCUT2D eigenvalue weighted by Gasteiger charge is 2.42. The van der Waals surface area contributed by atoms with Gasteiger partial charge in [-0.15, -0.1) is 10.2 Å². The molecule has 33 heavy (non-hydrogen) atoms. The van der Waals surface area contributed by atoms with E-state index in [2.05, 4.69) is 22.3 Å². The molecule has 168 valence electrons. The van der Waals surface area contributed by atoms with Crippen LogP contribution in [0.4, 0.5) is 5.13 Å². The van der Waals surface area contributed by atoms with Crippen LogP contribution in [0.3, 0.4) is 0 Å². The predicted octanol–water partition coefficient (Wildman–Crippen LogP) is 3.48. The summed E-state index contributed by atoms with van der Waals surface area (Å²) in [6.07, 6.45) is 1.67. The van der Waals surface area contributed by atoms with Crippen molar-refractivity contribution in [3.8, 4) is 23.6 Å². The molecule has 1 aliphatic carbocycles. The van der Waals surface area contributed by atoms with Gasteiger partial charge < -0.3 is 15.2 Å². The first kappa shape index (κ1) is 22.6. The number of ketones is 1. The molecule has 1 aromatic carbocycles. The molecule has 1 atom stereocenters. The van der Waals surface area contributed by atoms with Crippen LogP contribution in [-0.2, 0) is 4.79 Å². The van der Waals surface area contributed by atoms with Crippen molar-refractivity contribution in [3.63, 3.8) is 0 Å². The summed E-state index contributed by atoms with van der Waals surface area (Å²) >= 11 is 2.54. The number of hydrogen-bond donors (Lipinski definition) is 1. The number of benzene rings is 1.